The summed E-state index contributed by atoms with van der Waals surface area (Å²) in [7, 11) is 0. The highest BCUT2D eigenvalue weighted by atomic mass is 32.2. The Hall–Kier alpha value is -3.53. The van der Waals surface area contributed by atoms with Gasteiger partial charge in [-0.1, -0.05) is 6.07 Å². The number of carbonyl (C=O) groups excluding carboxylic acids is 2. The number of morpholine rings is 1. The van der Waals surface area contributed by atoms with Crippen molar-refractivity contribution < 1.29 is 37.3 Å². The Bertz CT molecular complexity index is 1250. The van der Waals surface area contributed by atoms with E-state index in [1.54, 1.807) is 6.07 Å². The highest BCUT2D eigenvalue weighted by Crippen LogP contribution is 2.41. The zero-order chi connectivity index (χ0) is 25.9. The van der Waals surface area contributed by atoms with Crippen LogP contribution in [0.3, 0.4) is 0 Å². The Morgan fingerprint density at radius 2 is 1.83 bits per heavy atom. The Labute approximate surface area is 208 Å². The number of nitrogens with zero attached hydrogens (tertiary/aromatic N) is 3. The number of alkyl halides is 3. The van der Waals surface area contributed by atoms with Crippen LogP contribution in [0.25, 0.3) is 6.08 Å². The van der Waals surface area contributed by atoms with Crippen LogP contribution in [0.15, 0.2) is 41.3 Å². The van der Waals surface area contributed by atoms with Gasteiger partial charge in [0.05, 0.1) is 35.3 Å². The van der Waals surface area contributed by atoms with Gasteiger partial charge in [0.25, 0.3) is 11.1 Å². The lowest BCUT2D eigenvalue weighted by Gasteiger charge is -2.27. The van der Waals surface area contributed by atoms with E-state index in [2.05, 4.69) is 4.90 Å². The van der Waals surface area contributed by atoms with Gasteiger partial charge in [-0.3, -0.25) is 19.4 Å². The quantitative estimate of drug-likeness (QED) is 0.559. The van der Waals surface area contributed by atoms with Crippen molar-refractivity contribution in [1.82, 2.24) is 9.80 Å². The first-order valence-corrected chi connectivity index (χ1v) is 11.6. The highest BCUT2D eigenvalue weighted by molar-refractivity contribution is 8.18. The molecular weight excluding hydrogens is 499 g/mol. The number of thioether (sulfide) groups is 1. The second kappa shape index (κ2) is 10.6. The molecule has 12 heteroatoms. The maximum absolute atomic E-state index is 13.4. The fraction of sp³-hybridized carbons (Fsp3) is 0.292. The summed E-state index contributed by atoms with van der Waals surface area (Å²) < 4.78 is 50.7. The molecule has 0 radical (unpaired) electrons. The zero-order valence-electron chi connectivity index (χ0n) is 18.7. The lowest BCUT2D eigenvalue weighted by atomic mass is 10.1. The van der Waals surface area contributed by atoms with E-state index in [1.165, 1.54) is 30.3 Å². The first-order valence-electron chi connectivity index (χ1n) is 10.8. The van der Waals surface area contributed by atoms with Gasteiger partial charge in [0.1, 0.15) is 5.75 Å². The molecular formula is C24H20F3N3O5S. The molecule has 2 aliphatic rings. The van der Waals surface area contributed by atoms with E-state index >= 15 is 0 Å². The monoisotopic (exact) mass is 519 g/mol. The normalized spacial score (nSPS) is 18.1. The third-order valence-electron chi connectivity index (χ3n) is 5.53. The summed E-state index contributed by atoms with van der Waals surface area (Å²) in [6, 6.07) is 8.38. The molecule has 2 heterocycles. The average Bonchev–Trinajstić information content (AvgIpc) is 3.11. The van der Waals surface area contributed by atoms with E-state index in [9.17, 15) is 27.9 Å². The summed E-state index contributed by atoms with van der Waals surface area (Å²) in [6.45, 7) is 3.45. The molecule has 36 heavy (non-hydrogen) atoms. The number of carbonyl (C=O) groups is 2. The smallest absolute Gasteiger partial charge is 0.420 e. The second-order valence-electron chi connectivity index (χ2n) is 7.94. The fourth-order valence-electron chi connectivity index (χ4n) is 3.65. The van der Waals surface area contributed by atoms with Crippen LogP contribution in [0.5, 0.6) is 17.2 Å². The predicted molar refractivity (Wildman–Crippen MR) is 124 cm³/mol. The molecule has 1 N–H and O–H groups in total. The minimum atomic E-state index is -4.78. The van der Waals surface area contributed by atoms with Crippen LogP contribution in [0, 0.1) is 11.3 Å². The van der Waals surface area contributed by atoms with E-state index < -0.39 is 34.4 Å². The number of imide groups is 1. The standard InChI is InChI=1S/C24H20F3N3O5S/c25-24(26,27)17-11-16(14-28)2-3-19(17)35-20-4-1-15(12-18(20)31)13-21-22(32)30(23(33)36-21)6-5-29-7-9-34-10-8-29/h1-4,11-13,31H,5-10H2/b21-13-. The van der Waals surface area contributed by atoms with Gasteiger partial charge in [0.15, 0.2) is 11.5 Å². The molecule has 0 bridgehead atoms. The number of rotatable bonds is 6. The van der Waals surface area contributed by atoms with Crippen molar-refractivity contribution >= 4 is 29.0 Å². The summed E-state index contributed by atoms with van der Waals surface area (Å²) in [6.07, 6.45) is -3.35. The predicted octanol–water partition coefficient (Wildman–Crippen LogP) is 4.44. The summed E-state index contributed by atoms with van der Waals surface area (Å²) in [5.41, 5.74) is -0.988. The maximum atomic E-state index is 13.4. The molecule has 2 aliphatic heterocycles. The van der Waals surface area contributed by atoms with Crippen molar-refractivity contribution in [3.63, 3.8) is 0 Å². The molecule has 0 aliphatic carbocycles. The first kappa shape index (κ1) is 25.6. The second-order valence-corrected chi connectivity index (χ2v) is 8.93. The Kier molecular flexibility index (Phi) is 7.53. The molecule has 2 aromatic carbocycles. The van der Waals surface area contributed by atoms with Gasteiger partial charge in [-0.05, 0) is 53.7 Å². The highest BCUT2D eigenvalue weighted by Gasteiger charge is 2.36. The third-order valence-corrected chi connectivity index (χ3v) is 6.44. The number of amides is 2. The van der Waals surface area contributed by atoms with E-state index in [1.807, 2.05) is 0 Å². The number of phenolic OH excluding ortho intramolecular Hbond substituents is 1. The molecule has 4 rings (SSSR count). The molecule has 188 valence electrons. The van der Waals surface area contributed by atoms with Crippen LogP contribution < -0.4 is 4.74 Å². The lowest BCUT2D eigenvalue weighted by molar-refractivity contribution is -0.138. The van der Waals surface area contributed by atoms with Crippen LogP contribution >= 0.6 is 11.8 Å². The number of hydrogen-bond donors (Lipinski definition) is 1. The van der Waals surface area contributed by atoms with Crippen LogP contribution in [0.1, 0.15) is 16.7 Å². The SMILES string of the molecule is N#Cc1ccc(Oc2ccc(/C=C3\SC(=O)N(CCN4CCOCC4)C3=O)cc2O)c(C(F)(F)F)c1. The van der Waals surface area contributed by atoms with E-state index in [0.29, 0.717) is 31.4 Å². The number of aromatic hydroxyl groups is 1. The number of phenols is 1. The summed E-state index contributed by atoms with van der Waals surface area (Å²) >= 11 is 0.775. The Morgan fingerprint density at radius 1 is 1.11 bits per heavy atom. The van der Waals surface area contributed by atoms with Crippen molar-refractivity contribution in [1.29, 1.82) is 5.26 Å². The molecule has 0 atom stereocenters. The lowest BCUT2D eigenvalue weighted by Crippen LogP contribution is -2.42. The van der Waals surface area contributed by atoms with Crippen molar-refractivity contribution in [2.45, 2.75) is 6.18 Å². The van der Waals surface area contributed by atoms with Crippen LogP contribution in [0.2, 0.25) is 0 Å². The average molecular weight is 520 g/mol. The minimum Gasteiger partial charge on any atom is -0.504 e. The van der Waals surface area contributed by atoms with Crippen LogP contribution in [-0.4, -0.2) is 65.4 Å². The van der Waals surface area contributed by atoms with E-state index in [0.717, 1.165) is 35.8 Å². The summed E-state index contributed by atoms with van der Waals surface area (Å²) in [5.74, 6) is -1.75. The number of benzene rings is 2. The van der Waals surface area contributed by atoms with Gasteiger partial charge in [-0.15, -0.1) is 0 Å². The van der Waals surface area contributed by atoms with Crippen LogP contribution in [0.4, 0.5) is 18.0 Å². The minimum absolute atomic E-state index is 0.168. The zero-order valence-corrected chi connectivity index (χ0v) is 19.6. The van der Waals surface area contributed by atoms with Gasteiger partial charge in [0, 0.05) is 26.2 Å². The molecule has 0 aromatic heterocycles. The molecule has 8 nitrogen and oxygen atoms in total. The van der Waals surface area contributed by atoms with Crippen molar-refractivity contribution in [3.05, 3.63) is 58.0 Å². The molecule has 2 aromatic rings. The molecule has 2 saturated heterocycles. The van der Waals surface area contributed by atoms with Crippen molar-refractivity contribution in [2.75, 3.05) is 39.4 Å². The van der Waals surface area contributed by atoms with Gasteiger partial charge >= 0.3 is 6.18 Å². The van der Waals surface area contributed by atoms with E-state index in [-0.39, 0.29) is 22.8 Å². The molecule has 0 unspecified atom stereocenters. The summed E-state index contributed by atoms with van der Waals surface area (Å²) in [5, 5.41) is 18.8. The molecule has 0 saturated carbocycles. The topological polar surface area (TPSA) is 103 Å². The maximum Gasteiger partial charge on any atom is 0.420 e. The van der Waals surface area contributed by atoms with Crippen molar-refractivity contribution in [2.24, 2.45) is 0 Å². The Morgan fingerprint density at radius 3 is 2.50 bits per heavy atom. The molecule has 2 amide bonds. The third kappa shape index (κ3) is 5.81. The molecule has 0 spiro atoms. The number of hydrogen-bond acceptors (Lipinski definition) is 8. The van der Waals surface area contributed by atoms with Crippen LogP contribution in [-0.2, 0) is 15.7 Å². The van der Waals surface area contributed by atoms with Crippen molar-refractivity contribution in [3.8, 4) is 23.3 Å². The Balaban J connectivity index is 1.48. The van der Waals surface area contributed by atoms with Gasteiger partial charge in [-0.2, -0.15) is 18.4 Å². The van der Waals surface area contributed by atoms with Gasteiger partial charge in [-0.25, -0.2) is 0 Å². The largest absolute Gasteiger partial charge is 0.504 e. The number of ether oxygens (including phenoxy) is 2. The number of halogens is 3. The first-order chi connectivity index (χ1) is 17.2. The molecule has 2 fully saturated rings. The van der Waals surface area contributed by atoms with Gasteiger partial charge < -0.3 is 14.6 Å². The summed E-state index contributed by atoms with van der Waals surface area (Å²) in [4.78, 5) is 28.5. The van der Waals surface area contributed by atoms with E-state index in [4.69, 9.17) is 14.7 Å². The van der Waals surface area contributed by atoms with Gasteiger partial charge in [0.2, 0.25) is 0 Å². The fourth-order valence-corrected chi connectivity index (χ4v) is 4.51. The number of nitriles is 1.